The van der Waals surface area contributed by atoms with E-state index in [1.54, 1.807) is 0 Å². The van der Waals surface area contributed by atoms with Gasteiger partial charge in [0.25, 0.3) is 0 Å². The first-order valence-corrected chi connectivity index (χ1v) is 10.9. The quantitative estimate of drug-likeness (QED) is 0.204. The Kier molecular flexibility index (Phi) is 17.0. The second kappa shape index (κ2) is 17.3. The Bertz CT molecular complexity index is 269. The Morgan fingerprint density at radius 2 is 0.875 bits per heavy atom. The Labute approximate surface area is 153 Å². The van der Waals surface area contributed by atoms with E-state index in [0.29, 0.717) is 0 Å². The summed E-state index contributed by atoms with van der Waals surface area (Å²) in [6.45, 7) is 4.51. The van der Waals surface area contributed by atoms with Crippen LogP contribution in [-0.2, 0) is 0 Å². The lowest BCUT2D eigenvalue weighted by Crippen LogP contribution is -2.26. The Morgan fingerprint density at radius 1 is 0.583 bits per heavy atom. The van der Waals surface area contributed by atoms with Crippen molar-refractivity contribution in [3.8, 4) is 12.3 Å². The van der Waals surface area contributed by atoms with Crippen LogP contribution in [0.2, 0.25) is 0 Å². The van der Waals surface area contributed by atoms with Gasteiger partial charge in [0, 0.05) is 0 Å². The average Bonchev–Trinajstić information content (AvgIpc) is 2.59. The fourth-order valence-corrected chi connectivity index (χ4v) is 3.37. The van der Waals surface area contributed by atoms with Gasteiger partial charge >= 0.3 is 0 Å². The molecule has 1 N–H and O–H groups in total. The molecule has 0 radical (unpaired) electrons. The molecule has 0 atom stereocenters. The molecule has 0 saturated carbocycles. The summed E-state index contributed by atoms with van der Waals surface area (Å²) in [7, 11) is 0. The topological polar surface area (TPSA) is 20.2 Å². The molecular formula is C23H44O. The zero-order valence-electron chi connectivity index (χ0n) is 16.8. The summed E-state index contributed by atoms with van der Waals surface area (Å²) in [6, 6.07) is 0. The molecule has 0 aromatic heterocycles. The maximum atomic E-state index is 10.5. The highest BCUT2D eigenvalue weighted by atomic mass is 16.3. The molecule has 0 aliphatic rings. The van der Waals surface area contributed by atoms with E-state index >= 15 is 0 Å². The molecule has 0 aromatic rings. The van der Waals surface area contributed by atoms with E-state index < -0.39 is 5.60 Å². The van der Waals surface area contributed by atoms with Crippen LogP contribution < -0.4 is 0 Å². The van der Waals surface area contributed by atoms with Gasteiger partial charge in [-0.1, -0.05) is 110 Å². The predicted molar refractivity (Wildman–Crippen MR) is 108 cm³/mol. The smallest absolute Gasteiger partial charge is 0.125 e. The molecule has 0 spiro atoms. The molecule has 0 saturated heterocycles. The van der Waals surface area contributed by atoms with Gasteiger partial charge in [-0.05, 0) is 25.7 Å². The van der Waals surface area contributed by atoms with Crippen LogP contribution in [0.4, 0.5) is 0 Å². The van der Waals surface area contributed by atoms with E-state index in [1.807, 2.05) is 0 Å². The van der Waals surface area contributed by atoms with Crippen molar-refractivity contribution in [3.63, 3.8) is 0 Å². The fourth-order valence-electron chi connectivity index (χ4n) is 3.37. The monoisotopic (exact) mass is 336 g/mol. The molecule has 24 heavy (non-hydrogen) atoms. The Morgan fingerprint density at radius 3 is 1.17 bits per heavy atom. The van der Waals surface area contributed by atoms with Crippen molar-refractivity contribution in [2.45, 2.75) is 135 Å². The first-order chi connectivity index (χ1) is 11.7. The summed E-state index contributed by atoms with van der Waals surface area (Å²) in [6.07, 6.45) is 27.9. The maximum Gasteiger partial charge on any atom is 0.125 e. The van der Waals surface area contributed by atoms with E-state index in [2.05, 4.69) is 19.8 Å². The SMILES string of the molecule is C#CC(O)(CCCCCCCCCC)CCCCCCCCCC. The molecule has 0 aliphatic carbocycles. The average molecular weight is 337 g/mol. The van der Waals surface area contributed by atoms with Crippen LogP contribution in [0.1, 0.15) is 129 Å². The summed E-state index contributed by atoms with van der Waals surface area (Å²) in [5.41, 5.74) is -0.843. The van der Waals surface area contributed by atoms with Crippen molar-refractivity contribution >= 4 is 0 Å². The van der Waals surface area contributed by atoms with Crippen LogP contribution in [0.25, 0.3) is 0 Å². The molecule has 0 unspecified atom stereocenters. The minimum absolute atomic E-state index is 0.787. The number of unbranched alkanes of at least 4 members (excludes halogenated alkanes) is 14. The summed E-state index contributed by atoms with van der Waals surface area (Å²) in [5, 5.41) is 10.5. The third kappa shape index (κ3) is 15.1. The summed E-state index contributed by atoms with van der Waals surface area (Å²) in [4.78, 5) is 0. The molecular weight excluding hydrogens is 292 g/mol. The van der Waals surface area contributed by atoms with Crippen LogP contribution in [0.15, 0.2) is 0 Å². The summed E-state index contributed by atoms with van der Waals surface area (Å²) in [5.74, 6) is 2.67. The highest BCUT2D eigenvalue weighted by Crippen LogP contribution is 2.23. The molecule has 142 valence electrons. The molecule has 0 bridgehead atoms. The van der Waals surface area contributed by atoms with E-state index in [0.717, 1.165) is 25.7 Å². The third-order valence-electron chi connectivity index (χ3n) is 5.16. The van der Waals surface area contributed by atoms with Crippen molar-refractivity contribution in [1.82, 2.24) is 0 Å². The van der Waals surface area contributed by atoms with Crippen molar-refractivity contribution in [3.05, 3.63) is 0 Å². The van der Waals surface area contributed by atoms with Crippen LogP contribution in [-0.4, -0.2) is 10.7 Å². The highest BCUT2D eigenvalue weighted by molar-refractivity contribution is 5.06. The van der Waals surface area contributed by atoms with Crippen LogP contribution in [0.3, 0.4) is 0 Å². The fraction of sp³-hybridized carbons (Fsp3) is 0.913. The Balaban J connectivity index is 3.54. The number of aliphatic hydroxyl groups is 1. The van der Waals surface area contributed by atoms with Gasteiger partial charge in [0.15, 0.2) is 0 Å². The molecule has 1 nitrogen and oxygen atoms in total. The maximum absolute atomic E-state index is 10.5. The zero-order valence-corrected chi connectivity index (χ0v) is 16.8. The van der Waals surface area contributed by atoms with Gasteiger partial charge in [-0.3, -0.25) is 0 Å². The van der Waals surface area contributed by atoms with Crippen LogP contribution in [0, 0.1) is 12.3 Å². The minimum Gasteiger partial charge on any atom is -0.378 e. The zero-order chi connectivity index (χ0) is 17.9. The molecule has 0 aromatic carbocycles. The van der Waals surface area contributed by atoms with Gasteiger partial charge in [-0.25, -0.2) is 0 Å². The molecule has 0 aliphatic heterocycles. The summed E-state index contributed by atoms with van der Waals surface area (Å²) < 4.78 is 0. The second-order valence-corrected chi connectivity index (χ2v) is 7.63. The third-order valence-corrected chi connectivity index (χ3v) is 5.16. The van der Waals surface area contributed by atoms with Crippen LogP contribution >= 0.6 is 0 Å². The molecule has 1 heteroatoms. The van der Waals surface area contributed by atoms with Crippen molar-refractivity contribution in [2.75, 3.05) is 0 Å². The van der Waals surface area contributed by atoms with E-state index in [9.17, 15) is 5.11 Å². The minimum atomic E-state index is -0.843. The molecule has 0 fully saturated rings. The standard InChI is InChI=1S/C23H44O/c1-4-7-9-11-13-15-17-19-21-23(24,6-3)22-20-18-16-14-12-10-8-5-2/h3,24H,4-5,7-22H2,1-2H3. The molecule has 0 rings (SSSR count). The lowest BCUT2D eigenvalue weighted by Gasteiger charge is -2.22. The highest BCUT2D eigenvalue weighted by Gasteiger charge is 2.22. The van der Waals surface area contributed by atoms with Crippen molar-refractivity contribution in [1.29, 1.82) is 0 Å². The van der Waals surface area contributed by atoms with Gasteiger partial charge in [0.1, 0.15) is 5.60 Å². The van der Waals surface area contributed by atoms with Crippen molar-refractivity contribution in [2.24, 2.45) is 0 Å². The first kappa shape index (κ1) is 23.5. The van der Waals surface area contributed by atoms with Gasteiger partial charge < -0.3 is 5.11 Å². The van der Waals surface area contributed by atoms with E-state index in [-0.39, 0.29) is 0 Å². The number of rotatable bonds is 18. The second-order valence-electron chi connectivity index (χ2n) is 7.63. The van der Waals surface area contributed by atoms with Gasteiger partial charge in [-0.15, -0.1) is 6.42 Å². The molecule has 0 heterocycles. The van der Waals surface area contributed by atoms with Crippen LogP contribution in [0.5, 0.6) is 0 Å². The number of hydrogen-bond acceptors (Lipinski definition) is 1. The van der Waals surface area contributed by atoms with E-state index in [4.69, 9.17) is 6.42 Å². The largest absolute Gasteiger partial charge is 0.378 e. The van der Waals surface area contributed by atoms with Gasteiger partial charge in [0.2, 0.25) is 0 Å². The first-order valence-electron chi connectivity index (χ1n) is 10.9. The van der Waals surface area contributed by atoms with Gasteiger partial charge in [-0.2, -0.15) is 0 Å². The summed E-state index contributed by atoms with van der Waals surface area (Å²) >= 11 is 0. The van der Waals surface area contributed by atoms with E-state index in [1.165, 1.54) is 89.9 Å². The lowest BCUT2D eigenvalue weighted by atomic mass is 9.90. The number of terminal acetylenes is 1. The molecule has 0 amide bonds. The van der Waals surface area contributed by atoms with Gasteiger partial charge in [0.05, 0.1) is 0 Å². The normalized spacial score (nSPS) is 11.6. The predicted octanol–water partition coefficient (Wildman–Crippen LogP) is 7.41. The Hall–Kier alpha value is -0.480. The number of hydrogen-bond donors (Lipinski definition) is 1. The van der Waals surface area contributed by atoms with Crippen molar-refractivity contribution < 1.29 is 5.11 Å². The lowest BCUT2D eigenvalue weighted by molar-refractivity contribution is 0.0763.